The highest BCUT2D eigenvalue weighted by atomic mass is 16.3. The van der Waals surface area contributed by atoms with Crippen molar-refractivity contribution < 1.29 is 9.21 Å². The highest BCUT2D eigenvalue weighted by molar-refractivity contribution is 5.95. The maximum atomic E-state index is 12.1. The Kier molecular flexibility index (Phi) is 3.48. The van der Waals surface area contributed by atoms with Crippen molar-refractivity contribution in [3.63, 3.8) is 0 Å². The first-order valence-electron chi connectivity index (χ1n) is 6.95. The van der Waals surface area contributed by atoms with Crippen LogP contribution in [0.25, 0.3) is 11.0 Å². The molecule has 1 amide bonds. The molecule has 0 saturated carbocycles. The molecule has 0 fully saturated rings. The predicted octanol–water partition coefficient (Wildman–Crippen LogP) is 4.23. The third-order valence-electron chi connectivity index (χ3n) is 3.50. The highest BCUT2D eigenvalue weighted by Gasteiger charge is 2.10. The van der Waals surface area contributed by atoms with Gasteiger partial charge < -0.3 is 9.73 Å². The van der Waals surface area contributed by atoms with Crippen LogP contribution in [0.5, 0.6) is 0 Å². The van der Waals surface area contributed by atoms with Gasteiger partial charge in [0.05, 0.1) is 12.7 Å². The summed E-state index contributed by atoms with van der Waals surface area (Å²) in [4.78, 5) is 12.1. The number of aryl methyl sites for hydroxylation is 2. The van der Waals surface area contributed by atoms with E-state index >= 15 is 0 Å². The number of furan rings is 1. The van der Waals surface area contributed by atoms with Crippen molar-refractivity contribution in [1.82, 2.24) is 0 Å². The normalized spacial score (nSPS) is 10.8. The molecular formula is C18H17NO2. The van der Waals surface area contributed by atoms with Crippen molar-refractivity contribution in [3.8, 4) is 0 Å². The molecule has 1 N–H and O–H groups in total. The van der Waals surface area contributed by atoms with Gasteiger partial charge in [0.1, 0.15) is 5.58 Å². The standard InChI is InChI=1S/C18H17NO2/c1-12-3-6-15(7-4-12)19-18(20)10-14-11-21-17-9-13(2)5-8-16(14)17/h3-9,11H,10H2,1-2H3,(H,19,20). The Balaban J connectivity index is 1.75. The quantitative estimate of drug-likeness (QED) is 0.779. The van der Waals surface area contributed by atoms with Crippen molar-refractivity contribution in [1.29, 1.82) is 0 Å². The zero-order chi connectivity index (χ0) is 14.8. The molecule has 21 heavy (non-hydrogen) atoms. The number of carbonyl (C=O) groups excluding carboxylic acids is 1. The lowest BCUT2D eigenvalue weighted by atomic mass is 10.1. The van der Waals surface area contributed by atoms with Gasteiger partial charge in [-0.2, -0.15) is 0 Å². The summed E-state index contributed by atoms with van der Waals surface area (Å²) in [6.45, 7) is 4.04. The van der Waals surface area contributed by atoms with Gasteiger partial charge in [-0.05, 0) is 37.6 Å². The smallest absolute Gasteiger partial charge is 0.228 e. The molecule has 0 atom stereocenters. The van der Waals surface area contributed by atoms with E-state index in [1.165, 1.54) is 5.56 Å². The fourth-order valence-electron chi connectivity index (χ4n) is 2.34. The molecule has 3 aromatic rings. The van der Waals surface area contributed by atoms with E-state index < -0.39 is 0 Å². The average Bonchev–Trinajstić information content (AvgIpc) is 2.83. The number of amides is 1. The summed E-state index contributed by atoms with van der Waals surface area (Å²) in [5.74, 6) is -0.0397. The van der Waals surface area contributed by atoms with Crippen molar-refractivity contribution in [3.05, 3.63) is 65.4 Å². The Morgan fingerprint density at radius 3 is 2.52 bits per heavy atom. The molecule has 0 spiro atoms. The molecular weight excluding hydrogens is 262 g/mol. The minimum atomic E-state index is -0.0397. The Morgan fingerprint density at radius 1 is 1.05 bits per heavy atom. The number of hydrogen-bond donors (Lipinski definition) is 1. The molecule has 0 aliphatic carbocycles. The molecule has 0 aliphatic rings. The average molecular weight is 279 g/mol. The van der Waals surface area contributed by atoms with Crippen LogP contribution in [0.15, 0.2) is 53.1 Å². The molecule has 3 rings (SSSR count). The molecule has 106 valence electrons. The minimum absolute atomic E-state index is 0.0397. The first-order chi connectivity index (χ1) is 10.1. The molecule has 3 heteroatoms. The van der Waals surface area contributed by atoms with Gasteiger partial charge >= 0.3 is 0 Å². The van der Waals surface area contributed by atoms with Crippen LogP contribution in [0.1, 0.15) is 16.7 Å². The fourth-order valence-corrected chi connectivity index (χ4v) is 2.34. The summed E-state index contributed by atoms with van der Waals surface area (Å²) in [7, 11) is 0. The van der Waals surface area contributed by atoms with Crippen LogP contribution in [0.3, 0.4) is 0 Å². The van der Waals surface area contributed by atoms with Crippen molar-refractivity contribution >= 4 is 22.6 Å². The van der Waals surface area contributed by atoms with E-state index in [-0.39, 0.29) is 5.91 Å². The van der Waals surface area contributed by atoms with Crippen LogP contribution >= 0.6 is 0 Å². The topological polar surface area (TPSA) is 42.2 Å². The third kappa shape index (κ3) is 2.97. The number of nitrogens with one attached hydrogen (secondary N) is 1. The zero-order valence-corrected chi connectivity index (χ0v) is 12.1. The van der Waals surface area contributed by atoms with Crippen LogP contribution in [0.4, 0.5) is 5.69 Å². The summed E-state index contributed by atoms with van der Waals surface area (Å²) in [6.07, 6.45) is 1.97. The number of hydrogen-bond acceptors (Lipinski definition) is 2. The van der Waals surface area contributed by atoms with Gasteiger partial charge in [0.2, 0.25) is 5.91 Å². The molecule has 0 unspecified atom stereocenters. The van der Waals surface area contributed by atoms with Crippen LogP contribution in [-0.2, 0) is 11.2 Å². The Morgan fingerprint density at radius 2 is 1.76 bits per heavy atom. The summed E-state index contributed by atoms with van der Waals surface area (Å²) in [6, 6.07) is 13.8. The number of rotatable bonds is 3. The summed E-state index contributed by atoms with van der Waals surface area (Å²) in [5.41, 5.74) is 4.87. The van der Waals surface area contributed by atoms with E-state index in [1.54, 1.807) is 6.26 Å². The van der Waals surface area contributed by atoms with Crippen molar-refractivity contribution in [2.75, 3.05) is 5.32 Å². The molecule has 0 radical (unpaired) electrons. The van der Waals surface area contributed by atoms with E-state index in [1.807, 2.05) is 56.3 Å². The Labute approximate surface area is 123 Å². The van der Waals surface area contributed by atoms with E-state index in [9.17, 15) is 4.79 Å². The summed E-state index contributed by atoms with van der Waals surface area (Å²) >= 11 is 0. The van der Waals surface area contributed by atoms with Crippen molar-refractivity contribution in [2.45, 2.75) is 20.3 Å². The molecule has 0 saturated heterocycles. The van der Waals surface area contributed by atoms with Crippen molar-refractivity contribution in [2.24, 2.45) is 0 Å². The lowest BCUT2D eigenvalue weighted by Gasteiger charge is -2.04. The molecule has 2 aromatic carbocycles. The largest absolute Gasteiger partial charge is 0.464 e. The molecule has 1 heterocycles. The van der Waals surface area contributed by atoms with Gasteiger partial charge in [0, 0.05) is 16.6 Å². The second-order valence-corrected chi connectivity index (χ2v) is 5.35. The number of fused-ring (bicyclic) bond motifs is 1. The first-order valence-corrected chi connectivity index (χ1v) is 6.95. The van der Waals surface area contributed by atoms with Crippen LogP contribution in [0.2, 0.25) is 0 Å². The zero-order valence-electron chi connectivity index (χ0n) is 12.1. The van der Waals surface area contributed by atoms with Crippen LogP contribution in [0, 0.1) is 13.8 Å². The van der Waals surface area contributed by atoms with E-state index in [4.69, 9.17) is 4.42 Å². The molecule has 3 nitrogen and oxygen atoms in total. The van der Waals surface area contributed by atoms with Gasteiger partial charge in [0.25, 0.3) is 0 Å². The van der Waals surface area contributed by atoms with E-state index in [0.717, 1.165) is 27.8 Å². The van der Waals surface area contributed by atoms with E-state index in [2.05, 4.69) is 5.32 Å². The Hall–Kier alpha value is -2.55. The second-order valence-electron chi connectivity index (χ2n) is 5.35. The fraction of sp³-hybridized carbons (Fsp3) is 0.167. The number of carbonyl (C=O) groups is 1. The van der Waals surface area contributed by atoms with Gasteiger partial charge in [0.15, 0.2) is 0 Å². The van der Waals surface area contributed by atoms with Crippen LogP contribution < -0.4 is 5.32 Å². The van der Waals surface area contributed by atoms with Crippen LogP contribution in [-0.4, -0.2) is 5.91 Å². The third-order valence-corrected chi connectivity index (χ3v) is 3.50. The lowest BCUT2D eigenvalue weighted by Crippen LogP contribution is -2.14. The predicted molar refractivity (Wildman–Crippen MR) is 84.5 cm³/mol. The maximum Gasteiger partial charge on any atom is 0.228 e. The van der Waals surface area contributed by atoms with Gasteiger partial charge in [-0.25, -0.2) is 0 Å². The highest BCUT2D eigenvalue weighted by Crippen LogP contribution is 2.23. The second kappa shape index (κ2) is 5.44. The molecule has 0 bridgehead atoms. The molecule has 1 aromatic heterocycles. The van der Waals surface area contributed by atoms with E-state index in [0.29, 0.717) is 6.42 Å². The number of benzene rings is 2. The Bertz CT molecular complexity index is 785. The minimum Gasteiger partial charge on any atom is -0.464 e. The first kappa shape index (κ1) is 13.4. The maximum absolute atomic E-state index is 12.1. The SMILES string of the molecule is Cc1ccc(NC(=O)Cc2coc3cc(C)ccc23)cc1. The monoisotopic (exact) mass is 279 g/mol. The molecule has 0 aliphatic heterocycles. The summed E-state index contributed by atoms with van der Waals surface area (Å²) < 4.78 is 5.52. The summed E-state index contributed by atoms with van der Waals surface area (Å²) in [5, 5.41) is 3.90. The van der Waals surface area contributed by atoms with Gasteiger partial charge in [-0.1, -0.05) is 29.8 Å². The van der Waals surface area contributed by atoms with Gasteiger partial charge in [-0.3, -0.25) is 4.79 Å². The number of anilines is 1. The lowest BCUT2D eigenvalue weighted by molar-refractivity contribution is -0.115. The van der Waals surface area contributed by atoms with Gasteiger partial charge in [-0.15, -0.1) is 0 Å².